The Labute approximate surface area is 136 Å². The van der Waals surface area contributed by atoms with E-state index in [2.05, 4.69) is 9.88 Å². The zero-order valence-corrected chi connectivity index (χ0v) is 13.3. The van der Waals surface area contributed by atoms with Crippen LogP contribution in [0.3, 0.4) is 0 Å². The smallest absolute Gasteiger partial charge is 0.335 e. The normalized spacial score (nSPS) is 10.9. The van der Waals surface area contributed by atoms with Gasteiger partial charge in [-0.2, -0.15) is 0 Å². The predicted molar refractivity (Wildman–Crippen MR) is 88.2 cm³/mol. The van der Waals surface area contributed by atoms with Gasteiger partial charge in [-0.05, 0) is 41.8 Å². The van der Waals surface area contributed by atoms with Crippen molar-refractivity contribution in [3.8, 4) is 0 Å². The molecule has 0 radical (unpaired) electrons. The van der Waals surface area contributed by atoms with Crippen molar-refractivity contribution in [2.75, 3.05) is 20.3 Å². The van der Waals surface area contributed by atoms with Gasteiger partial charge in [0, 0.05) is 45.7 Å². The van der Waals surface area contributed by atoms with Crippen LogP contribution in [-0.4, -0.2) is 41.2 Å². The quantitative estimate of drug-likeness (QED) is 0.721. The number of ether oxygens (including phenoxy) is 1. The van der Waals surface area contributed by atoms with Gasteiger partial charge in [0.05, 0.1) is 5.56 Å². The summed E-state index contributed by atoms with van der Waals surface area (Å²) in [6, 6.07) is 11.1. The van der Waals surface area contributed by atoms with Crippen LogP contribution in [0.5, 0.6) is 0 Å². The van der Waals surface area contributed by atoms with Crippen molar-refractivity contribution in [1.29, 1.82) is 0 Å². The van der Waals surface area contributed by atoms with Crippen molar-refractivity contribution in [1.82, 2.24) is 9.88 Å². The minimum atomic E-state index is -0.896. The maximum Gasteiger partial charge on any atom is 0.335 e. The Morgan fingerprint density at radius 1 is 1.17 bits per heavy atom. The number of nitrogens with zero attached hydrogens (tertiary/aromatic N) is 2. The Balaban J connectivity index is 2.06. The molecule has 2 rings (SSSR count). The molecule has 0 atom stereocenters. The first kappa shape index (κ1) is 17.1. The van der Waals surface area contributed by atoms with Gasteiger partial charge in [-0.1, -0.05) is 12.1 Å². The second kappa shape index (κ2) is 9.02. The summed E-state index contributed by atoms with van der Waals surface area (Å²) in [5, 5.41) is 9.11. The lowest BCUT2D eigenvalue weighted by molar-refractivity contribution is 0.0696. The molecule has 0 fully saturated rings. The van der Waals surface area contributed by atoms with Crippen LogP contribution >= 0.6 is 0 Å². The molecular weight excluding hydrogens is 292 g/mol. The molecule has 0 aliphatic carbocycles. The van der Waals surface area contributed by atoms with Crippen molar-refractivity contribution >= 4 is 5.97 Å². The first-order valence-electron chi connectivity index (χ1n) is 7.61. The van der Waals surface area contributed by atoms with Crippen molar-refractivity contribution in [2.45, 2.75) is 19.5 Å². The summed E-state index contributed by atoms with van der Waals surface area (Å²) in [4.78, 5) is 17.4. The Bertz CT molecular complexity index is 617. The second-order valence-corrected chi connectivity index (χ2v) is 5.42. The number of aromatic nitrogens is 1. The second-order valence-electron chi connectivity index (χ2n) is 5.42. The van der Waals surface area contributed by atoms with Gasteiger partial charge in [0.25, 0.3) is 0 Å². The topological polar surface area (TPSA) is 62.7 Å². The van der Waals surface area contributed by atoms with E-state index in [1.165, 1.54) is 5.56 Å². The molecule has 122 valence electrons. The van der Waals surface area contributed by atoms with E-state index in [0.29, 0.717) is 18.7 Å². The number of aromatic carboxylic acids is 1. The van der Waals surface area contributed by atoms with Crippen molar-refractivity contribution in [2.24, 2.45) is 0 Å². The van der Waals surface area contributed by atoms with Crippen LogP contribution in [0, 0.1) is 0 Å². The van der Waals surface area contributed by atoms with Gasteiger partial charge in [-0.15, -0.1) is 0 Å². The number of benzene rings is 1. The van der Waals surface area contributed by atoms with E-state index >= 15 is 0 Å². The predicted octanol–water partition coefficient (Wildman–Crippen LogP) is 2.82. The lowest BCUT2D eigenvalue weighted by Crippen LogP contribution is -2.25. The van der Waals surface area contributed by atoms with Gasteiger partial charge in [0.15, 0.2) is 0 Å². The molecule has 5 heteroatoms. The Kier molecular flexibility index (Phi) is 6.72. The summed E-state index contributed by atoms with van der Waals surface area (Å²) < 4.78 is 5.13. The van der Waals surface area contributed by atoms with Crippen LogP contribution in [-0.2, 0) is 17.8 Å². The van der Waals surface area contributed by atoms with Gasteiger partial charge in [0.2, 0.25) is 0 Å². The number of pyridine rings is 1. The average molecular weight is 314 g/mol. The highest BCUT2D eigenvalue weighted by Gasteiger charge is 2.09. The monoisotopic (exact) mass is 314 g/mol. The molecule has 0 bridgehead atoms. The average Bonchev–Trinajstić information content (AvgIpc) is 2.56. The van der Waals surface area contributed by atoms with Crippen molar-refractivity contribution < 1.29 is 14.6 Å². The molecule has 0 aliphatic rings. The molecule has 0 amide bonds. The number of carboxylic acids is 1. The molecule has 0 unspecified atom stereocenters. The molecule has 0 saturated carbocycles. The van der Waals surface area contributed by atoms with E-state index < -0.39 is 5.97 Å². The Morgan fingerprint density at radius 2 is 1.91 bits per heavy atom. The van der Waals surface area contributed by atoms with Crippen molar-refractivity contribution in [3.05, 3.63) is 65.5 Å². The van der Waals surface area contributed by atoms with E-state index in [1.54, 1.807) is 37.7 Å². The fraction of sp³-hybridized carbons (Fsp3) is 0.333. The molecule has 23 heavy (non-hydrogen) atoms. The van der Waals surface area contributed by atoms with Crippen LogP contribution in [0.15, 0.2) is 48.8 Å². The molecule has 2 aromatic rings. The fourth-order valence-corrected chi connectivity index (χ4v) is 2.45. The minimum Gasteiger partial charge on any atom is -0.478 e. The third-order valence-corrected chi connectivity index (χ3v) is 3.56. The molecule has 0 saturated heterocycles. The van der Waals surface area contributed by atoms with Crippen LogP contribution in [0.25, 0.3) is 0 Å². The van der Waals surface area contributed by atoms with E-state index in [4.69, 9.17) is 9.84 Å². The summed E-state index contributed by atoms with van der Waals surface area (Å²) in [7, 11) is 1.70. The lowest BCUT2D eigenvalue weighted by atomic mass is 10.1. The van der Waals surface area contributed by atoms with Gasteiger partial charge in [-0.3, -0.25) is 9.88 Å². The number of carboxylic acid groups (broad SMARTS) is 1. The highest BCUT2D eigenvalue weighted by molar-refractivity contribution is 5.87. The summed E-state index contributed by atoms with van der Waals surface area (Å²) in [6.45, 7) is 3.09. The Morgan fingerprint density at radius 3 is 2.61 bits per heavy atom. The summed E-state index contributed by atoms with van der Waals surface area (Å²) in [6.07, 6.45) is 4.50. The third kappa shape index (κ3) is 5.81. The first-order valence-corrected chi connectivity index (χ1v) is 7.61. The largest absolute Gasteiger partial charge is 0.478 e. The molecule has 0 aliphatic heterocycles. The maximum atomic E-state index is 11.1. The van der Waals surface area contributed by atoms with Gasteiger partial charge >= 0.3 is 5.97 Å². The number of methoxy groups -OCH3 is 1. The molecule has 1 N–H and O–H groups in total. The molecular formula is C18H22N2O3. The molecule has 1 aromatic heterocycles. The van der Waals surface area contributed by atoms with Gasteiger partial charge in [0.1, 0.15) is 0 Å². The van der Waals surface area contributed by atoms with Crippen LogP contribution in [0.4, 0.5) is 0 Å². The zero-order valence-electron chi connectivity index (χ0n) is 13.3. The fourth-order valence-electron chi connectivity index (χ4n) is 2.45. The molecule has 1 heterocycles. The lowest BCUT2D eigenvalue weighted by Gasteiger charge is -2.22. The van der Waals surface area contributed by atoms with E-state index in [1.807, 2.05) is 18.2 Å². The van der Waals surface area contributed by atoms with Crippen LogP contribution in [0.1, 0.15) is 27.9 Å². The van der Waals surface area contributed by atoms with Crippen LogP contribution in [0.2, 0.25) is 0 Å². The number of hydrogen-bond donors (Lipinski definition) is 1. The molecule has 5 nitrogen and oxygen atoms in total. The third-order valence-electron chi connectivity index (χ3n) is 3.56. The minimum absolute atomic E-state index is 0.322. The van der Waals surface area contributed by atoms with Crippen molar-refractivity contribution in [3.63, 3.8) is 0 Å². The first-order chi connectivity index (χ1) is 11.2. The number of carbonyl (C=O) groups is 1. The van der Waals surface area contributed by atoms with E-state index in [9.17, 15) is 4.79 Å². The Hall–Kier alpha value is -2.24. The highest BCUT2D eigenvalue weighted by Crippen LogP contribution is 2.12. The molecule has 0 spiro atoms. The SMILES string of the molecule is COCCCN(Cc1ccncc1)Cc1cccc(C(=O)O)c1. The van der Waals surface area contributed by atoms with Gasteiger partial charge in [-0.25, -0.2) is 4.79 Å². The maximum absolute atomic E-state index is 11.1. The summed E-state index contributed by atoms with van der Waals surface area (Å²) in [5.74, 6) is -0.896. The zero-order chi connectivity index (χ0) is 16.5. The highest BCUT2D eigenvalue weighted by atomic mass is 16.5. The summed E-state index contributed by atoms with van der Waals surface area (Å²) in [5.41, 5.74) is 2.51. The van der Waals surface area contributed by atoms with E-state index in [-0.39, 0.29) is 0 Å². The molecule has 1 aromatic carbocycles. The summed E-state index contributed by atoms with van der Waals surface area (Å²) >= 11 is 0. The van der Waals surface area contributed by atoms with Crippen LogP contribution < -0.4 is 0 Å². The van der Waals surface area contributed by atoms with E-state index in [0.717, 1.165) is 25.1 Å². The number of rotatable bonds is 9. The van der Waals surface area contributed by atoms with Gasteiger partial charge < -0.3 is 9.84 Å². The number of hydrogen-bond acceptors (Lipinski definition) is 4. The standard InChI is InChI=1S/C18H22N2O3/c1-23-11-3-10-20(13-15-6-8-19-9-7-15)14-16-4-2-5-17(12-16)18(21)22/h2,4-9,12H,3,10-11,13-14H2,1H3,(H,21,22).